The minimum atomic E-state index is -2.93. The number of sulfone groups is 1. The van der Waals surface area contributed by atoms with Gasteiger partial charge in [0.25, 0.3) is 0 Å². The Morgan fingerprint density at radius 1 is 1.56 bits per heavy atom. The Bertz CT molecular complexity index is 250. The minimum absolute atomic E-state index is 0.192. The molecular formula is C5H7ClO2S. The number of rotatable bonds is 0. The summed E-state index contributed by atoms with van der Waals surface area (Å²) in [6.45, 7) is 1.55. The molecule has 0 radical (unpaired) electrons. The van der Waals surface area contributed by atoms with E-state index >= 15 is 0 Å². The predicted molar refractivity (Wildman–Crippen MR) is 37.0 cm³/mol. The summed E-state index contributed by atoms with van der Waals surface area (Å²) in [5.41, 5.74) is 0. The van der Waals surface area contributed by atoms with E-state index in [1.807, 2.05) is 0 Å². The first-order valence-corrected chi connectivity index (χ1v) is 4.65. The first-order chi connectivity index (χ1) is 4.04. The van der Waals surface area contributed by atoms with E-state index in [4.69, 9.17) is 11.6 Å². The highest BCUT2D eigenvalue weighted by atomic mass is 35.5. The summed E-state index contributed by atoms with van der Waals surface area (Å²) >= 11 is 5.55. The maximum atomic E-state index is 10.8. The van der Waals surface area contributed by atoms with Crippen LogP contribution in [0.3, 0.4) is 0 Å². The van der Waals surface area contributed by atoms with Gasteiger partial charge in [-0.05, 0) is 13.3 Å². The lowest BCUT2D eigenvalue weighted by atomic mass is 10.4. The van der Waals surface area contributed by atoms with E-state index in [1.165, 1.54) is 0 Å². The van der Waals surface area contributed by atoms with E-state index in [-0.39, 0.29) is 5.75 Å². The Morgan fingerprint density at radius 2 is 2.11 bits per heavy atom. The summed E-state index contributed by atoms with van der Waals surface area (Å²) in [7, 11) is -2.93. The molecule has 1 aliphatic rings. The maximum Gasteiger partial charge on any atom is 0.175 e. The molecule has 0 atom stereocenters. The molecule has 1 heterocycles. The number of hydrogen-bond acceptors (Lipinski definition) is 2. The molecule has 0 N–H and O–H groups in total. The van der Waals surface area contributed by atoms with Crippen LogP contribution < -0.4 is 0 Å². The van der Waals surface area contributed by atoms with Gasteiger partial charge in [0.1, 0.15) is 0 Å². The van der Waals surface area contributed by atoms with Crippen LogP contribution in [0.5, 0.6) is 0 Å². The van der Waals surface area contributed by atoms with Gasteiger partial charge in [-0.2, -0.15) is 0 Å². The van der Waals surface area contributed by atoms with Crippen molar-refractivity contribution in [2.45, 2.75) is 13.3 Å². The SMILES string of the molecule is CC1=C(Cl)CCS1(=O)=O. The summed E-state index contributed by atoms with van der Waals surface area (Å²) in [5.74, 6) is 0.192. The van der Waals surface area contributed by atoms with Gasteiger partial charge in [0, 0.05) is 5.03 Å². The normalized spacial score (nSPS) is 25.1. The molecule has 0 spiro atoms. The molecule has 1 rings (SSSR count). The second kappa shape index (κ2) is 1.99. The van der Waals surface area contributed by atoms with E-state index in [9.17, 15) is 8.42 Å². The van der Waals surface area contributed by atoms with E-state index < -0.39 is 9.84 Å². The molecule has 0 fully saturated rings. The lowest BCUT2D eigenvalue weighted by Crippen LogP contribution is -1.98. The topological polar surface area (TPSA) is 34.1 Å². The van der Waals surface area contributed by atoms with Crippen LogP contribution in [-0.4, -0.2) is 14.2 Å². The van der Waals surface area contributed by atoms with Crippen LogP contribution in [0.2, 0.25) is 0 Å². The summed E-state index contributed by atoms with van der Waals surface area (Å²) < 4.78 is 21.7. The Balaban J connectivity index is 3.17. The molecule has 52 valence electrons. The van der Waals surface area contributed by atoms with Crippen molar-refractivity contribution in [2.75, 3.05) is 5.75 Å². The first kappa shape index (κ1) is 7.09. The molecule has 0 aromatic rings. The third kappa shape index (κ3) is 1.12. The lowest BCUT2D eigenvalue weighted by molar-refractivity contribution is 0.604. The molecule has 0 aromatic carbocycles. The fraction of sp³-hybridized carbons (Fsp3) is 0.600. The predicted octanol–water partition coefficient (Wildman–Crippen LogP) is 1.28. The Morgan fingerprint density at radius 3 is 2.22 bits per heavy atom. The zero-order valence-electron chi connectivity index (χ0n) is 5.02. The molecule has 2 nitrogen and oxygen atoms in total. The van der Waals surface area contributed by atoms with E-state index in [0.717, 1.165) is 0 Å². The fourth-order valence-electron chi connectivity index (χ4n) is 0.722. The van der Waals surface area contributed by atoms with Crippen LogP contribution >= 0.6 is 11.6 Å². The van der Waals surface area contributed by atoms with Gasteiger partial charge in [-0.1, -0.05) is 11.6 Å². The Kier molecular flexibility index (Phi) is 1.57. The molecule has 1 aliphatic heterocycles. The molecular weight excluding hydrogens is 160 g/mol. The van der Waals surface area contributed by atoms with Crippen molar-refractivity contribution in [1.82, 2.24) is 0 Å². The standard InChI is InChI=1S/C5H7ClO2S/c1-4-5(6)2-3-9(4,7)8/h2-3H2,1H3. The van der Waals surface area contributed by atoms with Crippen LogP contribution in [0.1, 0.15) is 13.3 Å². The maximum absolute atomic E-state index is 10.8. The zero-order chi connectivity index (χ0) is 7.07. The molecule has 0 aliphatic carbocycles. The van der Waals surface area contributed by atoms with E-state index in [1.54, 1.807) is 6.92 Å². The monoisotopic (exact) mass is 166 g/mol. The van der Waals surface area contributed by atoms with Gasteiger partial charge in [-0.15, -0.1) is 0 Å². The van der Waals surface area contributed by atoms with Crippen molar-refractivity contribution in [3.8, 4) is 0 Å². The lowest BCUT2D eigenvalue weighted by Gasteiger charge is -1.89. The minimum Gasteiger partial charge on any atom is -0.224 e. The van der Waals surface area contributed by atoms with Gasteiger partial charge in [0.2, 0.25) is 0 Å². The van der Waals surface area contributed by atoms with Crippen molar-refractivity contribution in [3.63, 3.8) is 0 Å². The molecule has 0 amide bonds. The highest BCUT2D eigenvalue weighted by Gasteiger charge is 2.23. The number of halogens is 1. The van der Waals surface area contributed by atoms with E-state index in [0.29, 0.717) is 16.4 Å². The van der Waals surface area contributed by atoms with Crippen molar-refractivity contribution in [2.24, 2.45) is 0 Å². The highest BCUT2D eigenvalue weighted by Crippen LogP contribution is 2.27. The Hall–Kier alpha value is -0.0200. The van der Waals surface area contributed by atoms with Gasteiger partial charge >= 0.3 is 0 Å². The summed E-state index contributed by atoms with van der Waals surface area (Å²) in [6.07, 6.45) is 0.496. The van der Waals surface area contributed by atoms with Crippen LogP contribution in [0, 0.1) is 0 Å². The van der Waals surface area contributed by atoms with Crippen LogP contribution in [0.25, 0.3) is 0 Å². The van der Waals surface area contributed by atoms with Crippen molar-refractivity contribution >= 4 is 21.4 Å². The van der Waals surface area contributed by atoms with Gasteiger partial charge in [0.05, 0.1) is 10.7 Å². The fourth-order valence-corrected chi connectivity index (χ4v) is 2.50. The largest absolute Gasteiger partial charge is 0.224 e. The molecule has 0 saturated carbocycles. The van der Waals surface area contributed by atoms with E-state index in [2.05, 4.69) is 0 Å². The first-order valence-electron chi connectivity index (χ1n) is 2.62. The zero-order valence-corrected chi connectivity index (χ0v) is 6.59. The molecule has 9 heavy (non-hydrogen) atoms. The second-order valence-corrected chi connectivity index (χ2v) is 4.74. The molecule has 0 aromatic heterocycles. The second-order valence-electron chi connectivity index (χ2n) is 2.03. The van der Waals surface area contributed by atoms with Gasteiger partial charge < -0.3 is 0 Å². The van der Waals surface area contributed by atoms with Gasteiger partial charge in [-0.25, -0.2) is 8.42 Å². The average molecular weight is 167 g/mol. The molecule has 4 heteroatoms. The third-order valence-electron chi connectivity index (χ3n) is 1.44. The Labute approximate surface area is 59.4 Å². The quantitative estimate of drug-likeness (QED) is 0.543. The summed E-state index contributed by atoms with van der Waals surface area (Å²) in [4.78, 5) is 0.351. The average Bonchev–Trinajstić information content (AvgIpc) is 1.97. The highest BCUT2D eigenvalue weighted by molar-refractivity contribution is 7.95. The van der Waals surface area contributed by atoms with Gasteiger partial charge in [-0.3, -0.25) is 0 Å². The summed E-state index contributed by atoms with van der Waals surface area (Å²) in [6, 6.07) is 0. The number of allylic oxidation sites excluding steroid dienone is 2. The van der Waals surface area contributed by atoms with Crippen LogP contribution in [0.4, 0.5) is 0 Å². The third-order valence-corrected chi connectivity index (χ3v) is 3.94. The van der Waals surface area contributed by atoms with Crippen LogP contribution in [-0.2, 0) is 9.84 Å². The molecule has 0 bridgehead atoms. The van der Waals surface area contributed by atoms with Crippen molar-refractivity contribution in [3.05, 3.63) is 9.94 Å². The van der Waals surface area contributed by atoms with Crippen LogP contribution in [0.15, 0.2) is 9.94 Å². The molecule has 0 saturated heterocycles. The van der Waals surface area contributed by atoms with Crippen molar-refractivity contribution < 1.29 is 8.42 Å². The molecule has 0 unspecified atom stereocenters. The number of hydrogen-bond donors (Lipinski definition) is 0. The van der Waals surface area contributed by atoms with Gasteiger partial charge in [0.15, 0.2) is 9.84 Å². The smallest absolute Gasteiger partial charge is 0.175 e. The summed E-state index contributed by atoms with van der Waals surface area (Å²) in [5, 5.41) is 0.495. The van der Waals surface area contributed by atoms with Crippen molar-refractivity contribution in [1.29, 1.82) is 0 Å².